The summed E-state index contributed by atoms with van der Waals surface area (Å²) in [7, 11) is -3.48. The van der Waals surface area contributed by atoms with Crippen LogP contribution in [0.5, 0.6) is 0 Å². The molecule has 0 aliphatic heterocycles. The molecule has 7 nitrogen and oxygen atoms in total. The molecule has 1 amide bonds. The van der Waals surface area contributed by atoms with E-state index < -0.39 is 25.5 Å². The highest BCUT2D eigenvalue weighted by Crippen LogP contribution is 2.48. The van der Waals surface area contributed by atoms with Crippen LogP contribution in [0.4, 0.5) is 0 Å². The van der Waals surface area contributed by atoms with Crippen molar-refractivity contribution in [1.29, 1.82) is 0 Å². The summed E-state index contributed by atoms with van der Waals surface area (Å²) < 4.78 is 22.0. The average molecular weight is 267 g/mol. The maximum absolute atomic E-state index is 12.1. The van der Waals surface area contributed by atoms with E-state index in [1.54, 1.807) is 13.8 Å². The van der Waals surface area contributed by atoms with Gasteiger partial charge in [-0.3, -0.25) is 9.36 Å². The molecule has 0 aromatic heterocycles. The number of nitrogens with one attached hydrogen (secondary N) is 1. The van der Waals surface area contributed by atoms with E-state index in [0.717, 1.165) is 0 Å². The lowest BCUT2D eigenvalue weighted by atomic mass is 10.3. The Morgan fingerprint density at radius 1 is 1.29 bits per heavy atom. The molecule has 0 aliphatic rings. The van der Waals surface area contributed by atoms with Gasteiger partial charge >= 0.3 is 13.6 Å². The molecule has 0 saturated carbocycles. The number of hydrogen-bond acceptors (Lipinski definition) is 5. The lowest BCUT2D eigenvalue weighted by molar-refractivity contribution is -0.141. The van der Waals surface area contributed by atoms with E-state index in [1.807, 2.05) is 0 Å². The SMILES string of the molecule is CCOP(=O)(CC(NC(C)=O)C(=O)O)OCC. The maximum atomic E-state index is 12.1. The van der Waals surface area contributed by atoms with Crippen LogP contribution >= 0.6 is 7.60 Å². The predicted molar refractivity (Wildman–Crippen MR) is 61.0 cm³/mol. The lowest BCUT2D eigenvalue weighted by Crippen LogP contribution is -2.42. The zero-order chi connectivity index (χ0) is 13.5. The summed E-state index contributed by atoms with van der Waals surface area (Å²) >= 11 is 0. The molecule has 0 aromatic carbocycles. The van der Waals surface area contributed by atoms with Crippen LogP contribution in [0.15, 0.2) is 0 Å². The quantitative estimate of drug-likeness (QED) is 0.632. The zero-order valence-corrected chi connectivity index (χ0v) is 11.0. The van der Waals surface area contributed by atoms with Gasteiger partial charge in [0.05, 0.1) is 19.4 Å². The van der Waals surface area contributed by atoms with E-state index in [2.05, 4.69) is 5.32 Å². The first-order valence-corrected chi connectivity index (χ1v) is 6.95. The van der Waals surface area contributed by atoms with Crippen molar-refractivity contribution < 1.29 is 28.3 Å². The Balaban J connectivity index is 4.73. The van der Waals surface area contributed by atoms with Crippen LogP contribution in [-0.2, 0) is 23.2 Å². The highest BCUT2D eigenvalue weighted by molar-refractivity contribution is 7.53. The van der Waals surface area contributed by atoms with E-state index in [0.29, 0.717) is 0 Å². The molecule has 0 spiro atoms. The molecule has 0 bridgehead atoms. The molecule has 0 aromatic rings. The van der Waals surface area contributed by atoms with Crippen LogP contribution in [0, 0.1) is 0 Å². The number of carbonyl (C=O) groups excluding carboxylic acids is 1. The number of hydrogen-bond donors (Lipinski definition) is 2. The number of aliphatic carboxylic acids is 1. The average Bonchev–Trinajstić information content (AvgIpc) is 2.16. The number of rotatable bonds is 8. The molecular formula is C9H18NO6P. The normalized spacial score (nSPS) is 13.1. The van der Waals surface area contributed by atoms with Crippen molar-refractivity contribution in [2.45, 2.75) is 26.8 Å². The van der Waals surface area contributed by atoms with Crippen molar-refractivity contribution in [3.05, 3.63) is 0 Å². The van der Waals surface area contributed by atoms with E-state index in [4.69, 9.17) is 14.2 Å². The highest BCUT2D eigenvalue weighted by Gasteiger charge is 2.32. The summed E-state index contributed by atoms with van der Waals surface area (Å²) in [6.07, 6.45) is -0.385. The Labute approximate surface area is 100 Å². The fourth-order valence-electron chi connectivity index (χ4n) is 1.19. The Morgan fingerprint density at radius 2 is 1.76 bits per heavy atom. The third-order valence-corrected chi connectivity index (χ3v) is 3.85. The van der Waals surface area contributed by atoms with Gasteiger partial charge in [-0.25, -0.2) is 4.79 Å². The van der Waals surface area contributed by atoms with Gasteiger partial charge in [0.25, 0.3) is 0 Å². The fourth-order valence-corrected chi connectivity index (χ4v) is 2.96. The van der Waals surface area contributed by atoms with E-state index in [9.17, 15) is 14.2 Å². The Hall–Kier alpha value is -0.910. The van der Waals surface area contributed by atoms with Crippen LogP contribution in [0.3, 0.4) is 0 Å². The van der Waals surface area contributed by atoms with Crippen LogP contribution < -0.4 is 5.32 Å². The van der Waals surface area contributed by atoms with E-state index in [-0.39, 0.29) is 19.4 Å². The van der Waals surface area contributed by atoms with Crippen molar-refractivity contribution in [2.24, 2.45) is 0 Å². The summed E-state index contributed by atoms with van der Waals surface area (Å²) in [5, 5.41) is 11.1. The second kappa shape index (κ2) is 7.42. The van der Waals surface area contributed by atoms with Gasteiger partial charge in [0.15, 0.2) is 0 Å². The van der Waals surface area contributed by atoms with Gasteiger partial charge in [0.1, 0.15) is 6.04 Å². The number of amides is 1. The van der Waals surface area contributed by atoms with Crippen molar-refractivity contribution >= 4 is 19.5 Å². The standard InChI is InChI=1S/C9H18NO6P/c1-4-15-17(14,16-5-2)6-8(9(12)13)10-7(3)11/h8H,4-6H2,1-3H3,(H,10,11)(H,12,13). The van der Waals surface area contributed by atoms with Gasteiger partial charge in [-0.1, -0.05) is 0 Å². The first-order chi connectivity index (χ1) is 7.84. The first kappa shape index (κ1) is 16.1. The molecule has 0 heterocycles. The van der Waals surface area contributed by atoms with E-state index in [1.165, 1.54) is 6.92 Å². The molecule has 0 rings (SSSR count). The minimum atomic E-state index is -3.48. The Morgan fingerprint density at radius 3 is 2.06 bits per heavy atom. The minimum absolute atomic E-state index is 0.143. The van der Waals surface area contributed by atoms with Gasteiger partial charge in [-0.2, -0.15) is 0 Å². The molecule has 0 saturated heterocycles. The second-order valence-electron chi connectivity index (χ2n) is 3.22. The van der Waals surface area contributed by atoms with Crippen LogP contribution in [0.1, 0.15) is 20.8 Å². The van der Waals surface area contributed by atoms with Crippen molar-refractivity contribution in [1.82, 2.24) is 5.32 Å². The Kier molecular flexibility index (Phi) is 7.03. The lowest BCUT2D eigenvalue weighted by Gasteiger charge is -2.21. The summed E-state index contributed by atoms with van der Waals surface area (Å²) in [6, 6.07) is -1.28. The first-order valence-electron chi connectivity index (χ1n) is 5.22. The Bertz CT molecular complexity index is 309. The molecule has 17 heavy (non-hydrogen) atoms. The smallest absolute Gasteiger partial charge is 0.333 e. The third kappa shape index (κ3) is 6.41. The van der Waals surface area contributed by atoms with Gasteiger partial charge < -0.3 is 19.5 Å². The van der Waals surface area contributed by atoms with Gasteiger partial charge in [0.2, 0.25) is 5.91 Å². The number of carboxylic acid groups (broad SMARTS) is 1. The summed E-state index contributed by atoms with van der Waals surface area (Å²) in [5.41, 5.74) is 0. The van der Waals surface area contributed by atoms with Gasteiger partial charge in [-0.15, -0.1) is 0 Å². The van der Waals surface area contributed by atoms with E-state index >= 15 is 0 Å². The van der Waals surface area contributed by atoms with Gasteiger partial charge in [0, 0.05) is 6.92 Å². The van der Waals surface area contributed by atoms with Crippen molar-refractivity contribution in [3.8, 4) is 0 Å². The molecule has 2 N–H and O–H groups in total. The highest BCUT2D eigenvalue weighted by atomic mass is 31.2. The second-order valence-corrected chi connectivity index (χ2v) is 5.32. The van der Waals surface area contributed by atoms with Crippen molar-refractivity contribution in [2.75, 3.05) is 19.4 Å². The largest absolute Gasteiger partial charge is 0.480 e. The third-order valence-electron chi connectivity index (χ3n) is 1.73. The number of carbonyl (C=O) groups is 2. The van der Waals surface area contributed by atoms with Crippen LogP contribution in [0.2, 0.25) is 0 Å². The molecule has 1 atom stereocenters. The van der Waals surface area contributed by atoms with Crippen LogP contribution in [-0.4, -0.2) is 42.4 Å². The molecule has 0 aliphatic carbocycles. The monoisotopic (exact) mass is 267 g/mol. The summed E-state index contributed by atoms with van der Waals surface area (Å²) in [5.74, 6) is -1.79. The van der Waals surface area contributed by atoms with Gasteiger partial charge in [-0.05, 0) is 13.8 Å². The molecule has 100 valence electrons. The zero-order valence-electron chi connectivity index (χ0n) is 10.1. The molecule has 0 fully saturated rings. The van der Waals surface area contributed by atoms with Crippen LogP contribution in [0.25, 0.3) is 0 Å². The molecule has 0 radical (unpaired) electrons. The molecule has 1 unspecified atom stereocenters. The predicted octanol–water partition coefficient (Wildman–Crippen LogP) is 0.842. The summed E-state index contributed by atoms with van der Waals surface area (Å²) in [4.78, 5) is 21.7. The minimum Gasteiger partial charge on any atom is -0.480 e. The van der Waals surface area contributed by atoms with Crippen molar-refractivity contribution in [3.63, 3.8) is 0 Å². The molecular weight excluding hydrogens is 249 g/mol. The fraction of sp³-hybridized carbons (Fsp3) is 0.778. The number of carboxylic acids is 1. The summed E-state index contributed by atoms with van der Waals surface area (Å²) in [6.45, 7) is 4.72. The maximum Gasteiger partial charge on any atom is 0.333 e. The topological polar surface area (TPSA) is 102 Å². The molecule has 8 heteroatoms.